The number of aliphatic hydroxyl groups is 1. The highest BCUT2D eigenvalue weighted by Gasteiger charge is 2.16. The van der Waals surface area contributed by atoms with E-state index in [-0.39, 0.29) is 25.2 Å². The predicted molar refractivity (Wildman–Crippen MR) is 233 cm³/mol. The van der Waals surface area contributed by atoms with E-state index in [1.165, 1.54) is 205 Å². The van der Waals surface area contributed by atoms with Gasteiger partial charge in [0, 0.05) is 12.8 Å². The molecule has 1 N–H and O–H groups in total. The number of rotatable bonds is 45. The SMILES string of the molecule is CCCCCCCCC=CCCCCCCCCCCCCCC(=O)OC[C@H](CO)OC(=O)CCCCCCCCCCCCCCCCCCCCC. The number of hydrogen-bond acceptors (Lipinski definition) is 5. The Hall–Kier alpha value is -1.36. The summed E-state index contributed by atoms with van der Waals surface area (Å²) in [5.74, 6) is -0.574. The molecule has 0 unspecified atom stereocenters. The highest BCUT2D eigenvalue weighted by molar-refractivity contribution is 5.70. The molecular formula is C49H94O5. The zero-order chi connectivity index (χ0) is 39.3. The molecule has 5 heteroatoms. The second-order valence-corrected chi connectivity index (χ2v) is 16.5. The molecule has 0 spiro atoms. The molecule has 320 valence electrons. The summed E-state index contributed by atoms with van der Waals surface area (Å²) >= 11 is 0. The number of hydrogen-bond donors (Lipinski definition) is 1. The fraction of sp³-hybridized carbons (Fsp3) is 0.918. The van der Waals surface area contributed by atoms with Gasteiger partial charge < -0.3 is 14.6 Å². The summed E-state index contributed by atoms with van der Waals surface area (Å²) in [6, 6.07) is 0. The van der Waals surface area contributed by atoms with Gasteiger partial charge in [-0.1, -0.05) is 231 Å². The van der Waals surface area contributed by atoms with Crippen LogP contribution in [-0.4, -0.2) is 36.4 Å². The van der Waals surface area contributed by atoms with Crippen molar-refractivity contribution >= 4 is 11.9 Å². The number of aliphatic hydroxyl groups excluding tert-OH is 1. The van der Waals surface area contributed by atoms with Crippen LogP contribution >= 0.6 is 0 Å². The van der Waals surface area contributed by atoms with Crippen molar-refractivity contribution in [3.63, 3.8) is 0 Å². The third kappa shape index (κ3) is 43.4. The number of unbranched alkanes of at least 4 members (excludes halogenated alkanes) is 35. The zero-order valence-corrected chi connectivity index (χ0v) is 36.5. The summed E-state index contributed by atoms with van der Waals surface area (Å²) in [7, 11) is 0. The molecule has 0 amide bonds. The van der Waals surface area contributed by atoms with Crippen LogP contribution in [0, 0.1) is 0 Å². The highest BCUT2D eigenvalue weighted by atomic mass is 16.6. The van der Waals surface area contributed by atoms with Crippen molar-refractivity contribution < 1.29 is 24.2 Å². The van der Waals surface area contributed by atoms with E-state index in [0.29, 0.717) is 12.8 Å². The predicted octanol–water partition coefficient (Wildman–Crippen LogP) is 15.6. The molecule has 0 aliphatic rings. The van der Waals surface area contributed by atoms with Crippen molar-refractivity contribution in [2.45, 2.75) is 277 Å². The minimum atomic E-state index is -0.765. The van der Waals surface area contributed by atoms with E-state index in [2.05, 4.69) is 26.0 Å². The maximum atomic E-state index is 12.2. The van der Waals surface area contributed by atoms with Crippen molar-refractivity contribution in [3.8, 4) is 0 Å². The molecule has 0 saturated carbocycles. The Morgan fingerprint density at radius 2 is 0.685 bits per heavy atom. The number of carbonyl (C=O) groups is 2. The van der Waals surface area contributed by atoms with Crippen molar-refractivity contribution in [2.75, 3.05) is 13.2 Å². The Labute approximate surface area is 337 Å². The molecule has 0 radical (unpaired) electrons. The third-order valence-corrected chi connectivity index (χ3v) is 11.1. The quantitative estimate of drug-likeness (QED) is 0.0380. The number of carbonyl (C=O) groups excluding carboxylic acids is 2. The van der Waals surface area contributed by atoms with Gasteiger partial charge in [0.25, 0.3) is 0 Å². The number of esters is 2. The molecule has 0 aromatic carbocycles. The van der Waals surface area contributed by atoms with Gasteiger partial charge in [0.1, 0.15) is 6.61 Å². The van der Waals surface area contributed by atoms with Crippen molar-refractivity contribution in [1.82, 2.24) is 0 Å². The summed E-state index contributed by atoms with van der Waals surface area (Å²) in [6.07, 6.45) is 54.4. The van der Waals surface area contributed by atoms with Gasteiger partial charge in [-0.05, 0) is 38.5 Å². The fourth-order valence-electron chi connectivity index (χ4n) is 7.38. The van der Waals surface area contributed by atoms with Gasteiger partial charge in [0.2, 0.25) is 0 Å². The van der Waals surface area contributed by atoms with Gasteiger partial charge in [-0.25, -0.2) is 0 Å². The van der Waals surface area contributed by atoms with Crippen LogP contribution in [0.3, 0.4) is 0 Å². The summed E-state index contributed by atoms with van der Waals surface area (Å²) in [5, 5.41) is 9.61. The van der Waals surface area contributed by atoms with Gasteiger partial charge in [-0.3, -0.25) is 9.59 Å². The summed E-state index contributed by atoms with van der Waals surface area (Å²) in [4.78, 5) is 24.4. The second kappa shape index (κ2) is 46.0. The summed E-state index contributed by atoms with van der Waals surface area (Å²) < 4.78 is 10.7. The van der Waals surface area contributed by atoms with Gasteiger partial charge in [-0.2, -0.15) is 0 Å². The molecule has 0 aromatic heterocycles. The number of allylic oxidation sites excluding steroid dienone is 2. The van der Waals surface area contributed by atoms with Crippen LogP contribution in [0.2, 0.25) is 0 Å². The molecule has 0 bridgehead atoms. The van der Waals surface area contributed by atoms with Gasteiger partial charge in [0.05, 0.1) is 6.61 Å². The molecule has 5 nitrogen and oxygen atoms in total. The first-order chi connectivity index (χ1) is 26.6. The Bertz CT molecular complexity index is 780. The molecule has 0 saturated heterocycles. The fourth-order valence-corrected chi connectivity index (χ4v) is 7.38. The molecule has 0 aliphatic heterocycles. The van der Waals surface area contributed by atoms with E-state index in [9.17, 15) is 14.7 Å². The van der Waals surface area contributed by atoms with E-state index >= 15 is 0 Å². The van der Waals surface area contributed by atoms with E-state index in [4.69, 9.17) is 9.47 Å². The van der Waals surface area contributed by atoms with E-state index in [1.807, 2.05) is 0 Å². The summed E-state index contributed by atoms with van der Waals surface area (Å²) in [6.45, 7) is 4.18. The van der Waals surface area contributed by atoms with Crippen LogP contribution < -0.4 is 0 Å². The standard InChI is InChI=1S/C49H94O5/c1-3-5-7-9-11-13-15-17-19-21-23-24-26-27-29-31-33-35-37-39-41-43-48(51)53-46-47(45-50)54-49(52)44-42-40-38-36-34-32-30-28-25-22-20-18-16-14-12-10-8-6-4-2/h17,19,47,50H,3-16,18,20-46H2,1-2H3/t47-/m0/s1. The molecule has 1 atom stereocenters. The monoisotopic (exact) mass is 763 g/mol. The average Bonchev–Trinajstić information content (AvgIpc) is 3.17. The van der Waals surface area contributed by atoms with Crippen LogP contribution in [0.25, 0.3) is 0 Å². The van der Waals surface area contributed by atoms with Crippen LogP contribution in [-0.2, 0) is 19.1 Å². The summed E-state index contributed by atoms with van der Waals surface area (Å²) in [5.41, 5.74) is 0. The minimum Gasteiger partial charge on any atom is -0.462 e. The third-order valence-electron chi connectivity index (χ3n) is 11.1. The Balaban J connectivity index is 3.46. The lowest BCUT2D eigenvalue weighted by Crippen LogP contribution is -2.28. The van der Waals surface area contributed by atoms with Gasteiger partial charge >= 0.3 is 11.9 Å². The molecular weight excluding hydrogens is 669 g/mol. The Kier molecular flexibility index (Phi) is 44.9. The van der Waals surface area contributed by atoms with Crippen LogP contribution in [0.1, 0.15) is 271 Å². The first kappa shape index (κ1) is 52.6. The Morgan fingerprint density at radius 1 is 0.407 bits per heavy atom. The topological polar surface area (TPSA) is 72.8 Å². The molecule has 0 fully saturated rings. The molecule has 0 aromatic rings. The lowest BCUT2D eigenvalue weighted by Gasteiger charge is -2.15. The lowest BCUT2D eigenvalue weighted by molar-refractivity contribution is -0.161. The van der Waals surface area contributed by atoms with Crippen LogP contribution in [0.15, 0.2) is 12.2 Å². The first-order valence-corrected chi connectivity index (χ1v) is 24.2. The first-order valence-electron chi connectivity index (χ1n) is 24.2. The lowest BCUT2D eigenvalue weighted by atomic mass is 10.0. The van der Waals surface area contributed by atoms with E-state index in [1.54, 1.807) is 0 Å². The normalized spacial score (nSPS) is 12.1. The zero-order valence-electron chi connectivity index (χ0n) is 36.5. The van der Waals surface area contributed by atoms with Crippen molar-refractivity contribution in [2.24, 2.45) is 0 Å². The smallest absolute Gasteiger partial charge is 0.306 e. The molecule has 54 heavy (non-hydrogen) atoms. The Morgan fingerprint density at radius 3 is 1.00 bits per heavy atom. The van der Waals surface area contributed by atoms with Crippen molar-refractivity contribution in [1.29, 1.82) is 0 Å². The van der Waals surface area contributed by atoms with Gasteiger partial charge in [0.15, 0.2) is 6.10 Å². The maximum Gasteiger partial charge on any atom is 0.306 e. The van der Waals surface area contributed by atoms with Crippen LogP contribution in [0.5, 0.6) is 0 Å². The molecule has 0 heterocycles. The number of ether oxygens (including phenoxy) is 2. The molecule has 0 aliphatic carbocycles. The highest BCUT2D eigenvalue weighted by Crippen LogP contribution is 2.16. The van der Waals surface area contributed by atoms with Gasteiger partial charge in [-0.15, -0.1) is 0 Å². The van der Waals surface area contributed by atoms with E-state index in [0.717, 1.165) is 38.5 Å². The second-order valence-electron chi connectivity index (χ2n) is 16.5. The largest absolute Gasteiger partial charge is 0.462 e. The minimum absolute atomic E-state index is 0.0593. The van der Waals surface area contributed by atoms with E-state index < -0.39 is 6.10 Å². The average molecular weight is 763 g/mol. The van der Waals surface area contributed by atoms with Crippen molar-refractivity contribution in [3.05, 3.63) is 12.2 Å². The maximum absolute atomic E-state index is 12.2. The molecule has 0 rings (SSSR count). The van der Waals surface area contributed by atoms with Crippen LogP contribution in [0.4, 0.5) is 0 Å².